The quantitative estimate of drug-likeness (QED) is 0.541. The molecule has 6 heteroatoms. The predicted molar refractivity (Wildman–Crippen MR) is 115 cm³/mol. The summed E-state index contributed by atoms with van der Waals surface area (Å²) in [5.74, 6) is -0.609. The fraction of sp³-hybridized carbons (Fsp3) is 0.160. The molecule has 1 N–H and O–H groups in total. The molecule has 0 saturated heterocycles. The molecule has 0 aliphatic carbocycles. The summed E-state index contributed by atoms with van der Waals surface area (Å²) in [6, 6.07) is 27.6. The molecule has 1 amide bonds. The summed E-state index contributed by atoms with van der Waals surface area (Å²) in [6.45, 7) is -0.723. The lowest BCUT2D eigenvalue weighted by atomic mass is 9.99. The van der Waals surface area contributed by atoms with Crippen LogP contribution in [0.2, 0.25) is 0 Å². The first-order valence-corrected chi connectivity index (χ1v) is 9.81. The fourth-order valence-electron chi connectivity index (χ4n) is 2.98. The molecule has 0 bridgehead atoms. The highest BCUT2D eigenvalue weighted by Gasteiger charge is 2.16. The van der Waals surface area contributed by atoms with Gasteiger partial charge < -0.3 is 14.8 Å². The van der Waals surface area contributed by atoms with Gasteiger partial charge in [0, 0.05) is 0 Å². The van der Waals surface area contributed by atoms with Crippen molar-refractivity contribution in [3.63, 3.8) is 0 Å². The highest BCUT2D eigenvalue weighted by Crippen LogP contribution is 2.18. The van der Waals surface area contributed by atoms with E-state index in [9.17, 15) is 9.59 Å². The standard InChI is InChI=1S/C25H22N2O4/c26-16-20-11-13-22(14-12-20)30-18-25(29)31-17-24(28)27-23(21-9-5-2-6-10-21)15-19-7-3-1-4-8-19/h1-14,23H,15,17-18H2,(H,27,28)/t23-/m0/s1. The minimum absolute atomic E-state index is 0.246. The van der Waals surface area contributed by atoms with Gasteiger partial charge in [-0.15, -0.1) is 0 Å². The molecule has 0 saturated carbocycles. The zero-order valence-electron chi connectivity index (χ0n) is 16.9. The number of carbonyl (C=O) groups excluding carboxylic acids is 2. The lowest BCUT2D eigenvalue weighted by Crippen LogP contribution is -2.34. The van der Waals surface area contributed by atoms with Gasteiger partial charge in [-0.25, -0.2) is 4.79 Å². The first-order chi connectivity index (χ1) is 15.1. The molecule has 0 aliphatic heterocycles. The Balaban J connectivity index is 1.50. The summed E-state index contributed by atoms with van der Waals surface area (Å²) in [4.78, 5) is 24.3. The molecule has 1 atom stereocenters. The Hall–Kier alpha value is -4.11. The van der Waals surface area contributed by atoms with Gasteiger partial charge in [0.2, 0.25) is 0 Å². The maximum Gasteiger partial charge on any atom is 0.344 e. The van der Waals surface area contributed by atoms with Crippen molar-refractivity contribution >= 4 is 11.9 Å². The molecule has 6 nitrogen and oxygen atoms in total. The van der Waals surface area contributed by atoms with E-state index in [4.69, 9.17) is 14.7 Å². The molecule has 156 valence electrons. The van der Waals surface area contributed by atoms with Crippen molar-refractivity contribution in [3.8, 4) is 11.8 Å². The molecule has 0 radical (unpaired) electrons. The molecule has 0 heterocycles. The largest absolute Gasteiger partial charge is 0.482 e. The van der Waals surface area contributed by atoms with Gasteiger partial charge in [-0.2, -0.15) is 5.26 Å². The van der Waals surface area contributed by atoms with Gasteiger partial charge in [0.25, 0.3) is 5.91 Å². The van der Waals surface area contributed by atoms with E-state index in [1.54, 1.807) is 24.3 Å². The van der Waals surface area contributed by atoms with Crippen LogP contribution in [0.5, 0.6) is 5.75 Å². The third kappa shape index (κ3) is 7.02. The molecular weight excluding hydrogens is 392 g/mol. The van der Waals surface area contributed by atoms with Crippen LogP contribution in [0.1, 0.15) is 22.7 Å². The Morgan fingerprint density at radius 2 is 1.52 bits per heavy atom. The zero-order chi connectivity index (χ0) is 21.9. The molecule has 3 aromatic carbocycles. The molecule has 0 aliphatic rings. The molecule has 31 heavy (non-hydrogen) atoms. The maximum atomic E-state index is 12.4. The second-order valence-corrected chi connectivity index (χ2v) is 6.81. The number of carbonyl (C=O) groups is 2. The van der Waals surface area contributed by atoms with Gasteiger partial charge in [0.15, 0.2) is 13.2 Å². The second kappa shape index (κ2) is 11.2. The van der Waals surface area contributed by atoms with E-state index in [0.717, 1.165) is 11.1 Å². The summed E-state index contributed by atoms with van der Waals surface area (Å²) in [6.07, 6.45) is 0.617. The van der Waals surface area contributed by atoms with Gasteiger partial charge in [-0.1, -0.05) is 60.7 Å². The summed E-state index contributed by atoms with van der Waals surface area (Å²) < 4.78 is 10.3. The van der Waals surface area contributed by atoms with E-state index in [2.05, 4.69) is 5.32 Å². The van der Waals surface area contributed by atoms with Crippen LogP contribution in [0.25, 0.3) is 0 Å². The van der Waals surface area contributed by atoms with E-state index in [1.807, 2.05) is 66.7 Å². The Morgan fingerprint density at radius 1 is 0.871 bits per heavy atom. The number of nitrogens with one attached hydrogen (secondary N) is 1. The zero-order valence-corrected chi connectivity index (χ0v) is 16.9. The monoisotopic (exact) mass is 414 g/mol. The minimum atomic E-state index is -0.654. The SMILES string of the molecule is N#Cc1ccc(OCC(=O)OCC(=O)N[C@@H](Cc2ccccc2)c2ccccc2)cc1. The third-order valence-electron chi connectivity index (χ3n) is 4.52. The number of hydrogen-bond acceptors (Lipinski definition) is 5. The number of amides is 1. The normalized spacial score (nSPS) is 11.1. The molecule has 0 spiro atoms. The van der Waals surface area contributed by atoms with Crippen LogP contribution in [0.4, 0.5) is 0 Å². The topological polar surface area (TPSA) is 88.4 Å². The van der Waals surface area contributed by atoms with Crippen LogP contribution in [0.15, 0.2) is 84.9 Å². The van der Waals surface area contributed by atoms with Gasteiger partial charge in [0.05, 0.1) is 17.7 Å². The second-order valence-electron chi connectivity index (χ2n) is 6.81. The first kappa shape index (κ1) is 21.6. The highest BCUT2D eigenvalue weighted by atomic mass is 16.6. The number of nitriles is 1. The van der Waals surface area contributed by atoms with Gasteiger partial charge in [0.1, 0.15) is 5.75 Å². The van der Waals surface area contributed by atoms with Crippen LogP contribution in [-0.2, 0) is 20.7 Å². The van der Waals surface area contributed by atoms with Crippen LogP contribution in [0.3, 0.4) is 0 Å². The van der Waals surface area contributed by atoms with Crippen molar-refractivity contribution in [1.82, 2.24) is 5.32 Å². The fourth-order valence-corrected chi connectivity index (χ4v) is 2.98. The van der Waals surface area contributed by atoms with Crippen molar-refractivity contribution in [3.05, 3.63) is 102 Å². The van der Waals surface area contributed by atoms with E-state index >= 15 is 0 Å². The van der Waals surface area contributed by atoms with Crippen LogP contribution in [-0.4, -0.2) is 25.1 Å². The van der Waals surface area contributed by atoms with E-state index in [0.29, 0.717) is 17.7 Å². The van der Waals surface area contributed by atoms with Crippen LogP contribution in [0, 0.1) is 11.3 Å². The van der Waals surface area contributed by atoms with Crippen LogP contribution >= 0.6 is 0 Å². The lowest BCUT2D eigenvalue weighted by molar-refractivity contribution is -0.150. The summed E-state index contributed by atoms with van der Waals surface area (Å²) in [5.41, 5.74) is 2.55. The highest BCUT2D eigenvalue weighted by molar-refractivity contribution is 5.81. The van der Waals surface area contributed by atoms with Crippen molar-refractivity contribution in [2.24, 2.45) is 0 Å². The molecule has 3 rings (SSSR count). The molecule has 0 fully saturated rings. The van der Waals surface area contributed by atoms with Crippen molar-refractivity contribution in [2.45, 2.75) is 12.5 Å². The average Bonchev–Trinajstić information content (AvgIpc) is 2.82. The van der Waals surface area contributed by atoms with Gasteiger partial charge in [-0.05, 0) is 41.8 Å². The van der Waals surface area contributed by atoms with Crippen molar-refractivity contribution in [1.29, 1.82) is 5.26 Å². The van der Waals surface area contributed by atoms with E-state index < -0.39 is 18.5 Å². The number of ether oxygens (including phenoxy) is 2. The summed E-state index contributed by atoms with van der Waals surface area (Å²) in [7, 11) is 0. The van der Waals surface area contributed by atoms with E-state index in [-0.39, 0.29) is 12.6 Å². The number of rotatable bonds is 9. The summed E-state index contributed by atoms with van der Waals surface area (Å²) >= 11 is 0. The Morgan fingerprint density at radius 3 is 2.16 bits per heavy atom. The molecule has 0 unspecified atom stereocenters. The number of benzene rings is 3. The number of nitrogens with zero attached hydrogens (tertiary/aromatic N) is 1. The minimum Gasteiger partial charge on any atom is -0.482 e. The lowest BCUT2D eigenvalue weighted by Gasteiger charge is -2.19. The smallest absolute Gasteiger partial charge is 0.344 e. The number of hydrogen-bond donors (Lipinski definition) is 1. The number of esters is 1. The predicted octanol–water partition coefficient (Wildman–Crippen LogP) is 3.58. The third-order valence-corrected chi connectivity index (χ3v) is 4.52. The van der Waals surface area contributed by atoms with Crippen molar-refractivity contribution in [2.75, 3.05) is 13.2 Å². The molecular formula is C25H22N2O4. The Labute approximate surface area is 181 Å². The molecule has 0 aromatic heterocycles. The Bertz CT molecular complexity index is 1030. The average molecular weight is 414 g/mol. The summed E-state index contributed by atoms with van der Waals surface area (Å²) in [5, 5.41) is 11.7. The van der Waals surface area contributed by atoms with E-state index in [1.165, 1.54) is 0 Å². The maximum absolute atomic E-state index is 12.4. The van der Waals surface area contributed by atoms with Gasteiger partial charge >= 0.3 is 5.97 Å². The first-order valence-electron chi connectivity index (χ1n) is 9.81. The Kier molecular flexibility index (Phi) is 7.78. The molecule has 3 aromatic rings. The van der Waals surface area contributed by atoms with Gasteiger partial charge in [-0.3, -0.25) is 4.79 Å². The van der Waals surface area contributed by atoms with Crippen LogP contribution < -0.4 is 10.1 Å². The van der Waals surface area contributed by atoms with Crippen molar-refractivity contribution < 1.29 is 19.1 Å².